The first-order valence-corrected chi connectivity index (χ1v) is 7.70. The van der Waals surface area contributed by atoms with Crippen LogP contribution in [0.25, 0.3) is 0 Å². The number of aromatic carboxylic acids is 1. The summed E-state index contributed by atoms with van der Waals surface area (Å²) < 4.78 is 27.1. The van der Waals surface area contributed by atoms with Gasteiger partial charge >= 0.3 is 0 Å². The molecule has 110 valence electrons. The molecule has 0 saturated heterocycles. The van der Waals surface area contributed by atoms with Crippen LogP contribution in [-0.2, 0) is 10.0 Å². The molecule has 0 bridgehead atoms. The van der Waals surface area contributed by atoms with E-state index in [1.807, 2.05) is 0 Å². The van der Waals surface area contributed by atoms with Crippen molar-refractivity contribution < 1.29 is 18.3 Å². The molecule has 2 aromatic carbocycles. The van der Waals surface area contributed by atoms with E-state index in [-0.39, 0.29) is 10.5 Å². The van der Waals surface area contributed by atoms with Gasteiger partial charge in [0, 0.05) is 5.56 Å². The molecule has 0 heterocycles. The number of rotatable bonds is 4. The molecular formula is C15H14NO4S-. The zero-order valence-electron chi connectivity index (χ0n) is 11.6. The second-order valence-electron chi connectivity index (χ2n) is 4.68. The molecule has 1 N–H and O–H groups in total. The lowest BCUT2D eigenvalue weighted by Gasteiger charge is -2.13. The lowest BCUT2D eigenvalue weighted by Crippen LogP contribution is -2.24. The molecule has 0 saturated carbocycles. The van der Waals surface area contributed by atoms with E-state index in [0.29, 0.717) is 11.3 Å². The zero-order valence-corrected chi connectivity index (χ0v) is 12.4. The SMILES string of the molecule is Cc1ccccc1NS(=O)(=O)c1ccc(C)c(C(=O)[O-])c1. The molecule has 2 rings (SSSR count). The topological polar surface area (TPSA) is 86.3 Å². The molecule has 21 heavy (non-hydrogen) atoms. The van der Waals surface area contributed by atoms with Crippen LogP contribution < -0.4 is 9.83 Å². The van der Waals surface area contributed by atoms with E-state index >= 15 is 0 Å². The summed E-state index contributed by atoms with van der Waals surface area (Å²) in [5, 5.41) is 11.0. The average molecular weight is 304 g/mol. The Kier molecular flexibility index (Phi) is 3.99. The number of nitrogens with one attached hydrogen (secondary N) is 1. The Morgan fingerprint density at radius 1 is 1.05 bits per heavy atom. The number of benzene rings is 2. The van der Waals surface area contributed by atoms with E-state index in [9.17, 15) is 18.3 Å². The number of carbonyl (C=O) groups is 1. The summed E-state index contributed by atoms with van der Waals surface area (Å²) in [6.07, 6.45) is 0. The summed E-state index contributed by atoms with van der Waals surface area (Å²) in [6, 6.07) is 10.8. The molecule has 6 heteroatoms. The predicted molar refractivity (Wildman–Crippen MR) is 77.5 cm³/mol. The standard InChI is InChI=1S/C15H15NO4S/c1-10-7-8-12(9-13(10)15(17)18)21(19,20)16-14-6-4-3-5-11(14)2/h3-9,16H,1-2H3,(H,17,18)/p-1. The highest BCUT2D eigenvalue weighted by atomic mass is 32.2. The fourth-order valence-electron chi connectivity index (χ4n) is 1.88. The van der Waals surface area contributed by atoms with Gasteiger partial charge in [0.2, 0.25) is 0 Å². The predicted octanol–water partition coefficient (Wildman–Crippen LogP) is 1.47. The molecule has 5 nitrogen and oxygen atoms in total. The number of aryl methyl sites for hydroxylation is 2. The van der Waals surface area contributed by atoms with E-state index in [0.717, 1.165) is 11.6 Å². The summed E-state index contributed by atoms with van der Waals surface area (Å²) in [7, 11) is -3.85. The van der Waals surface area contributed by atoms with Crippen molar-refractivity contribution in [1.29, 1.82) is 0 Å². The number of hydrogen-bond donors (Lipinski definition) is 1. The fraction of sp³-hybridized carbons (Fsp3) is 0.133. The molecule has 0 atom stereocenters. The third-order valence-electron chi connectivity index (χ3n) is 3.13. The van der Waals surface area contributed by atoms with Gasteiger partial charge in [0.15, 0.2) is 0 Å². The number of para-hydroxylation sites is 1. The van der Waals surface area contributed by atoms with E-state index < -0.39 is 16.0 Å². The second kappa shape index (κ2) is 5.57. The largest absolute Gasteiger partial charge is 0.545 e. The van der Waals surface area contributed by atoms with Crippen molar-refractivity contribution in [2.45, 2.75) is 18.7 Å². The van der Waals surface area contributed by atoms with Gasteiger partial charge in [-0.2, -0.15) is 0 Å². The van der Waals surface area contributed by atoms with Gasteiger partial charge in [0.1, 0.15) is 0 Å². The lowest BCUT2D eigenvalue weighted by molar-refractivity contribution is -0.255. The minimum atomic E-state index is -3.85. The molecular weight excluding hydrogens is 290 g/mol. The zero-order chi connectivity index (χ0) is 15.6. The van der Waals surface area contributed by atoms with Crippen molar-refractivity contribution in [2.75, 3.05) is 4.72 Å². The van der Waals surface area contributed by atoms with Crippen LogP contribution in [-0.4, -0.2) is 14.4 Å². The van der Waals surface area contributed by atoms with Gasteiger partial charge in [0.25, 0.3) is 10.0 Å². The molecule has 0 amide bonds. The molecule has 0 radical (unpaired) electrons. The number of carboxylic acids is 1. The van der Waals surface area contributed by atoms with E-state index in [4.69, 9.17) is 0 Å². The average Bonchev–Trinajstić information content (AvgIpc) is 2.41. The van der Waals surface area contributed by atoms with Crippen molar-refractivity contribution in [1.82, 2.24) is 0 Å². The van der Waals surface area contributed by atoms with Crippen LogP contribution >= 0.6 is 0 Å². The number of carbonyl (C=O) groups excluding carboxylic acids is 1. The van der Waals surface area contributed by atoms with Crippen LogP contribution in [0, 0.1) is 13.8 Å². The van der Waals surface area contributed by atoms with Crippen LogP contribution in [0.3, 0.4) is 0 Å². The number of hydrogen-bond acceptors (Lipinski definition) is 4. The van der Waals surface area contributed by atoms with Gasteiger partial charge in [-0.3, -0.25) is 4.72 Å². The highest BCUT2D eigenvalue weighted by molar-refractivity contribution is 7.92. The molecule has 0 aliphatic carbocycles. The summed E-state index contributed by atoms with van der Waals surface area (Å²) in [4.78, 5) is 10.9. The molecule has 0 aromatic heterocycles. The Morgan fingerprint density at radius 3 is 2.33 bits per heavy atom. The number of sulfonamides is 1. The molecule has 0 spiro atoms. The Hall–Kier alpha value is -2.34. The number of anilines is 1. The highest BCUT2D eigenvalue weighted by Crippen LogP contribution is 2.21. The monoisotopic (exact) mass is 304 g/mol. The van der Waals surface area contributed by atoms with Gasteiger partial charge in [-0.1, -0.05) is 24.3 Å². The van der Waals surface area contributed by atoms with E-state index in [2.05, 4.69) is 4.72 Å². The third-order valence-corrected chi connectivity index (χ3v) is 4.49. The van der Waals surface area contributed by atoms with Gasteiger partial charge in [-0.05, 0) is 43.2 Å². The van der Waals surface area contributed by atoms with E-state index in [1.165, 1.54) is 12.1 Å². The summed E-state index contributed by atoms with van der Waals surface area (Å²) >= 11 is 0. The minimum absolute atomic E-state index is 0.115. The molecule has 0 aliphatic rings. The maximum absolute atomic E-state index is 12.3. The minimum Gasteiger partial charge on any atom is -0.545 e. The molecule has 0 unspecified atom stereocenters. The van der Waals surface area contributed by atoms with Crippen molar-refractivity contribution in [3.8, 4) is 0 Å². The first-order chi connectivity index (χ1) is 9.81. The van der Waals surface area contributed by atoms with Gasteiger partial charge in [0.05, 0.1) is 16.6 Å². The Bertz CT molecular complexity index is 797. The van der Waals surface area contributed by atoms with Gasteiger partial charge < -0.3 is 9.90 Å². The van der Waals surface area contributed by atoms with Crippen LogP contribution in [0.1, 0.15) is 21.5 Å². The number of carboxylic acid groups (broad SMARTS) is 1. The van der Waals surface area contributed by atoms with Crippen molar-refractivity contribution in [2.24, 2.45) is 0 Å². The first-order valence-electron chi connectivity index (χ1n) is 6.22. The van der Waals surface area contributed by atoms with Crippen molar-refractivity contribution in [3.05, 3.63) is 59.2 Å². The van der Waals surface area contributed by atoms with Crippen LogP contribution in [0.15, 0.2) is 47.4 Å². The van der Waals surface area contributed by atoms with E-state index in [1.54, 1.807) is 38.1 Å². The fourth-order valence-corrected chi connectivity index (χ4v) is 3.04. The maximum Gasteiger partial charge on any atom is 0.261 e. The first kappa shape index (κ1) is 15.1. The molecule has 0 fully saturated rings. The Labute approximate surface area is 123 Å². The summed E-state index contributed by atoms with van der Waals surface area (Å²) in [6.45, 7) is 3.36. The summed E-state index contributed by atoms with van der Waals surface area (Å²) in [5.74, 6) is -1.40. The normalized spacial score (nSPS) is 11.1. The quantitative estimate of drug-likeness (QED) is 0.926. The van der Waals surface area contributed by atoms with Gasteiger partial charge in [-0.25, -0.2) is 8.42 Å². The lowest BCUT2D eigenvalue weighted by atomic mass is 10.1. The van der Waals surface area contributed by atoms with Crippen molar-refractivity contribution in [3.63, 3.8) is 0 Å². The Balaban J connectivity index is 2.43. The van der Waals surface area contributed by atoms with Crippen molar-refractivity contribution >= 4 is 21.7 Å². The van der Waals surface area contributed by atoms with Crippen LogP contribution in [0.4, 0.5) is 5.69 Å². The molecule has 2 aromatic rings. The Morgan fingerprint density at radius 2 is 1.71 bits per heavy atom. The van der Waals surface area contributed by atoms with Crippen LogP contribution in [0.5, 0.6) is 0 Å². The second-order valence-corrected chi connectivity index (χ2v) is 6.37. The van der Waals surface area contributed by atoms with Gasteiger partial charge in [-0.15, -0.1) is 0 Å². The highest BCUT2D eigenvalue weighted by Gasteiger charge is 2.16. The third kappa shape index (κ3) is 3.22. The molecule has 0 aliphatic heterocycles. The van der Waals surface area contributed by atoms with Crippen LogP contribution in [0.2, 0.25) is 0 Å². The summed E-state index contributed by atoms with van der Waals surface area (Å²) in [5.41, 5.74) is 1.54. The maximum atomic E-state index is 12.3. The smallest absolute Gasteiger partial charge is 0.261 e.